The van der Waals surface area contributed by atoms with Crippen LogP contribution in [0.25, 0.3) is 0 Å². The van der Waals surface area contributed by atoms with Gasteiger partial charge in [0.2, 0.25) is 0 Å². The minimum Gasteiger partial charge on any atom is -0.384 e. The van der Waals surface area contributed by atoms with Gasteiger partial charge in [0.1, 0.15) is 6.10 Å². The van der Waals surface area contributed by atoms with Crippen molar-refractivity contribution in [3.8, 4) is 0 Å². The van der Waals surface area contributed by atoms with Crippen molar-refractivity contribution in [1.29, 1.82) is 0 Å². The molecule has 0 aromatic rings. The number of carbonyl (C=O) groups is 1. The van der Waals surface area contributed by atoms with E-state index in [9.17, 15) is 4.79 Å². The van der Waals surface area contributed by atoms with E-state index in [2.05, 4.69) is 5.32 Å². The number of nitrogens with one attached hydrogen (secondary N) is 1. The van der Waals surface area contributed by atoms with Crippen molar-refractivity contribution in [1.82, 2.24) is 10.2 Å². The van der Waals surface area contributed by atoms with Crippen LogP contribution in [0.15, 0.2) is 0 Å². The number of amides is 1. The number of piperazine rings is 1. The Labute approximate surface area is 72.6 Å². The van der Waals surface area contributed by atoms with Crippen molar-refractivity contribution in [2.75, 3.05) is 19.6 Å². The predicted molar refractivity (Wildman–Crippen MR) is 45.7 cm³/mol. The van der Waals surface area contributed by atoms with Crippen LogP contribution in [0.1, 0.15) is 13.8 Å². The molecule has 0 bridgehead atoms. The predicted octanol–water partition coefficient (Wildman–Crippen LogP) is -0.812. The molecule has 1 amide bonds. The number of carbonyl (C=O) groups excluding carboxylic acids is 1. The lowest BCUT2D eigenvalue weighted by Crippen LogP contribution is -2.54. The maximum Gasteiger partial charge on any atom is 0.251 e. The van der Waals surface area contributed by atoms with Crippen LogP contribution in [0.2, 0.25) is 0 Å². The number of aliphatic hydroxyl groups excluding tert-OH is 1. The minimum absolute atomic E-state index is 0.163. The molecule has 1 heterocycles. The van der Waals surface area contributed by atoms with E-state index in [-0.39, 0.29) is 11.9 Å². The first-order chi connectivity index (χ1) is 5.63. The maximum atomic E-state index is 11.4. The third-order valence-electron chi connectivity index (χ3n) is 2.14. The lowest BCUT2D eigenvalue weighted by Gasteiger charge is -2.34. The van der Waals surface area contributed by atoms with Crippen LogP contribution in [0.4, 0.5) is 0 Å². The smallest absolute Gasteiger partial charge is 0.251 e. The first-order valence-corrected chi connectivity index (χ1v) is 4.32. The van der Waals surface area contributed by atoms with E-state index in [0.717, 1.165) is 13.1 Å². The Kier molecular flexibility index (Phi) is 3.05. The van der Waals surface area contributed by atoms with Gasteiger partial charge >= 0.3 is 0 Å². The molecule has 4 heteroatoms. The molecule has 0 saturated carbocycles. The van der Waals surface area contributed by atoms with Gasteiger partial charge in [-0.25, -0.2) is 0 Å². The van der Waals surface area contributed by atoms with Gasteiger partial charge in [-0.05, 0) is 13.8 Å². The number of rotatable bonds is 1. The molecule has 1 unspecified atom stereocenters. The van der Waals surface area contributed by atoms with Crippen molar-refractivity contribution in [2.24, 2.45) is 0 Å². The molecule has 0 spiro atoms. The van der Waals surface area contributed by atoms with Gasteiger partial charge in [0.25, 0.3) is 5.91 Å². The van der Waals surface area contributed by atoms with E-state index < -0.39 is 6.10 Å². The second-order valence-corrected chi connectivity index (χ2v) is 3.26. The average Bonchev–Trinajstić information content (AvgIpc) is 2.04. The van der Waals surface area contributed by atoms with Crippen LogP contribution in [0, 0.1) is 0 Å². The van der Waals surface area contributed by atoms with E-state index in [1.807, 2.05) is 6.92 Å². The summed E-state index contributed by atoms with van der Waals surface area (Å²) in [4.78, 5) is 13.1. The van der Waals surface area contributed by atoms with Gasteiger partial charge in [-0.15, -0.1) is 0 Å². The highest BCUT2D eigenvalue weighted by Crippen LogP contribution is 2.04. The monoisotopic (exact) mass is 172 g/mol. The van der Waals surface area contributed by atoms with Crippen molar-refractivity contribution in [3.63, 3.8) is 0 Å². The molecule has 0 aromatic carbocycles. The zero-order valence-electron chi connectivity index (χ0n) is 7.58. The molecule has 0 aromatic heterocycles. The Balaban J connectivity index is 2.53. The summed E-state index contributed by atoms with van der Waals surface area (Å²) in [7, 11) is 0. The summed E-state index contributed by atoms with van der Waals surface area (Å²) in [6.45, 7) is 5.83. The van der Waals surface area contributed by atoms with Crippen molar-refractivity contribution in [3.05, 3.63) is 0 Å². The summed E-state index contributed by atoms with van der Waals surface area (Å²) in [5.74, 6) is -0.163. The molecule has 12 heavy (non-hydrogen) atoms. The second-order valence-electron chi connectivity index (χ2n) is 3.26. The minimum atomic E-state index is -0.870. The van der Waals surface area contributed by atoms with Gasteiger partial charge in [-0.2, -0.15) is 0 Å². The van der Waals surface area contributed by atoms with E-state index in [0.29, 0.717) is 6.54 Å². The Morgan fingerprint density at radius 2 is 2.42 bits per heavy atom. The largest absolute Gasteiger partial charge is 0.384 e. The molecule has 1 fully saturated rings. The fourth-order valence-electron chi connectivity index (χ4n) is 1.41. The summed E-state index contributed by atoms with van der Waals surface area (Å²) in [5.41, 5.74) is 0. The van der Waals surface area contributed by atoms with Crippen LogP contribution >= 0.6 is 0 Å². The normalized spacial score (nSPS) is 26.9. The summed E-state index contributed by atoms with van der Waals surface area (Å²) in [6.07, 6.45) is -0.870. The molecule has 0 aliphatic carbocycles. The van der Waals surface area contributed by atoms with E-state index in [1.165, 1.54) is 6.92 Å². The summed E-state index contributed by atoms with van der Waals surface area (Å²) < 4.78 is 0. The molecule has 2 atom stereocenters. The van der Waals surface area contributed by atoms with Crippen LogP contribution in [-0.2, 0) is 4.79 Å². The van der Waals surface area contributed by atoms with E-state index in [1.54, 1.807) is 4.90 Å². The third kappa shape index (κ3) is 1.95. The SMILES string of the molecule is CC1CNCCN1C(=O)[C@@H](C)O. The van der Waals surface area contributed by atoms with Gasteiger partial charge in [0.05, 0.1) is 0 Å². The number of aliphatic hydroxyl groups is 1. The molecule has 0 radical (unpaired) electrons. The molecule has 1 saturated heterocycles. The summed E-state index contributed by atoms with van der Waals surface area (Å²) >= 11 is 0. The van der Waals surface area contributed by atoms with Crippen LogP contribution in [0.3, 0.4) is 0 Å². The van der Waals surface area contributed by atoms with Gasteiger partial charge in [-0.3, -0.25) is 4.79 Å². The van der Waals surface area contributed by atoms with Gasteiger partial charge in [-0.1, -0.05) is 0 Å². The fourth-order valence-corrected chi connectivity index (χ4v) is 1.41. The quantitative estimate of drug-likeness (QED) is 0.544. The zero-order valence-corrected chi connectivity index (χ0v) is 7.58. The molecule has 1 aliphatic rings. The van der Waals surface area contributed by atoms with Gasteiger partial charge < -0.3 is 15.3 Å². The molecule has 1 aliphatic heterocycles. The fraction of sp³-hybridized carbons (Fsp3) is 0.875. The molecule has 70 valence electrons. The second kappa shape index (κ2) is 3.87. The van der Waals surface area contributed by atoms with Gasteiger partial charge in [0, 0.05) is 25.7 Å². The highest BCUT2D eigenvalue weighted by molar-refractivity contribution is 5.80. The molecule has 1 rings (SSSR count). The number of nitrogens with zero attached hydrogens (tertiary/aromatic N) is 1. The standard InChI is InChI=1S/C8H16N2O2/c1-6-5-9-3-4-10(6)8(12)7(2)11/h6-7,9,11H,3-5H2,1-2H3/t6?,7-/m1/s1. The highest BCUT2D eigenvalue weighted by atomic mass is 16.3. The van der Waals surface area contributed by atoms with Gasteiger partial charge in [0.15, 0.2) is 0 Å². The van der Waals surface area contributed by atoms with Crippen molar-refractivity contribution in [2.45, 2.75) is 26.0 Å². The van der Waals surface area contributed by atoms with Crippen LogP contribution < -0.4 is 5.32 Å². The first-order valence-electron chi connectivity index (χ1n) is 4.32. The number of hydrogen-bond acceptors (Lipinski definition) is 3. The molecule has 4 nitrogen and oxygen atoms in total. The molecule has 2 N–H and O–H groups in total. The first kappa shape index (κ1) is 9.48. The lowest BCUT2D eigenvalue weighted by atomic mass is 10.2. The lowest BCUT2D eigenvalue weighted by molar-refractivity contribution is -0.142. The van der Waals surface area contributed by atoms with E-state index in [4.69, 9.17) is 5.11 Å². The topological polar surface area (TPSA) is 52.6 Å². The van der Waals surface area contributed by atoms with Crippen LogP contribution in [-0.4, -0.2) is 47.7 Å². The number of hydrogen-bond donors (Lipinski definition) is 2. The average molecular weight is 172 g/mol. The molecular weight excluding hydrogens is 156 g/mol. The van der Waals surface area contributed by atoms with Crippen LogP contribution in [0.5, 0.6) is 0 Å². The summed E-state index contributed by atoms with van der Waals surface area (Å²) in [6, 6.07) is 0.195. The van der Waals surface area contributed by atoms with Crippen molar-refractivity contribution >= 4 is 5.91 Å². The Morgan fingerprint density at radius 1 is 1.75 bits per heavy atom. The Morgan fingerprint density at radius 3 is 2.92 bits per heavy atom. The maximum absolute atomic E-state index is 11.4. The van der Waals surface area contributed by atoms with E-state index >= 15 is 0 Å². The highest BCUT2D eigenvalue weighted by Gasteiger charge is 2.25. The third-order valence-corrected chi connectivity index (χ3v) is 2.14. The van der Waals surface area contributed by atoms with Crippen molar-refractivity contribution < 1.29 is 9.90 Å². The molecular formula is C8H16N2O2. The summed E-state index contributed by atoms with van der Waals surface area (Å²) in [5, 5.41) is 12.3. The zero-order chi connectivity index (χ0) is 9.14. The Bertz CT molecular complexity index is 170. The Hall–Kier alpha value is -0.610.